The van der Waals surface area contributed by atoms with Gasteiger partial charge in [0, 0.05) is 32.2 Å². The van der Waals surface area contributed by atoms with E-state index in [0.717, 1.165) is 32.2 Å². The predicted octanol–water partition coefficient (Wildman–Crippen LogP) is 3.33. The molecular weight excluding hydrogens is 277 g/mol. The molecule has 2 rings (SSSR count). The minimum atomic E-state index is -4.41. The van der Waals surface area contributed by atoms with Crippen LogP contribution in [0.4, 0.5) is 13.2 Å². The number of rotatable bonds is 2. The van der Waals surface area contributed by atoms with Crippen molar-refractivity contribution < 1.29 is 13.2 Å². The lowest BCUT2D eigenvalue weighted by Crippen LogP contribution is -2.44. The average molecular weight is 293 g/mol. The van der Waals surface area contributed by atoms with E-state index in [0.29, 0.717) is 5.56 Å². The molecule has 1 aliphatic heterocycles. The Hall–Kier alpha value is -0.780. The monoisotopic (exact) mass is 292 g/mol. The number of benzene rings is 1. The lowest BCUT2D eigenvalue weighted by Gasteiger charge is -2.33. The Labute approximate surface area is 115 Å². The minimum absolute atomic E-state index is 0.0412. The highest BCUT2D eigenvalue weighted by atomic mass is 35.5. The van der Waals surface area contributed by atoms with Gasteiger partial charge in [0.15, 0.2) is 0 Å². The predicted molar refractivity (Wildman–Crippen MR) is 69.3 cm³/mol. The molecule has 1 N–H and O–H groups in total. The first-order valence-electron chi connectivity index (χ1n) is 6.21. The van der Waals surface area contributed by atoms with E-state index in [1.807, 2.05) is 6.92 Å². The highest BCUT2D eigenvalue weighted by Gasteiger charge is 2.34. The summed E-state index contributed by atoms with van der Waals surface area (Å²) in [5.74, 6) is 0. The summed E-state index contributed by atoms with van der Waals surface area (Å²) >= 11 is 5.63. The zero-order chi connectivity index (χ0) is 14.0. The van der Waals surface area contributed by atoms with Crippen molar-refractivity contribution in [3.8, 4) is 0 Å². The highest BCUT2D eigenvalue weighted by molar-refractivity contribution is 6.31. The summed E-state index contributed by atoms with van der Waals surface area (Å²) in [6, 6.07) is 4.12. The van der Waals surface area contributed by atoms with E-state index in [1.54, 1.807) is 6.07 Å². The summed E-state index contributed by atoms with van der Waals surface area (Å²) in [5, 5.41) is 2.98. The van der Waals surface area contributed by atoms with E-state index in [1.165, 1.54) is 6.07 Å². The van der Waals surface area contributed by atoms with Crippen LogP contribution < -0.4 is 5.32 Å². The van der Waals surface area contributed by atoms with Crippen LogP contribution in [0.5, 0.6) is 0 Å². The molecule has 2 nitrogen and oxygen atoms in total. The third-order valence-electron chi connectivity index (χ3n) is 3.48. The molecule has 6 heteroatoms. The fraction of sp³-hybridized carbons (Fsp3) is 0.538. The molecule has 1 aromatic carbocycles. The van der Waals surface area contributed by atoms with Crippen molar-refractivity contribution in [3.05, 3.63) is 34.3 Å². The van der Waals surface area contributed by atoms with Gasteiger partial charge in [-0.1, -0.05) is 17.7 Å². The van der Waals surface area contributed by atoms with Crippen molar-refractivity contribution in [2.75, 3.05) is 26.2 Å². The van der Waals surface area contributed by atoms with Gasteiger partial charge in [0.2, 0.25) is 0 Å². The Morgan fingerprint density at radius 1 is 1.26 bits per heavy atom. The van der Waals surface area contributed by atoms with Crippen molar-refractivity contribution in [3.63, 3.8) is 0 Å². The maximum absolute atomic E-state index is 12.8. The Balaban J connectivity index is 2.24. The van der Waals surface area contributed by atoms with Gasteiger partial charge >= 0.3 is 6.18 Å². The first kappa shape index (κ1) is 14.6. The standard InChI is InChI=1S/C13H16ClF3N2/c1-9(19-6-4-18-5-7-19)10-2-3-12(14)11(8-10)13(15,16)17/h2-3,8-9,18H,4-7H2,1H3/t9-/m1/s1. The van der Waals surface area contributed by atoms with Gasteiger partial charge in [0.1, 0.15) is 0 Å². The Morgan fingerprint density at radius 3 is 2.47 bits per heavy atom. The molecule has 1 saturated heterocycles. The van der Waals surface area contributed by atoms with Crippen molar-refractivity contribution in [2.24, 2.45) is 0 Å². The van der Waals surface area contributed by atoms with Gasteiger partial charge in [-0.15, -0.1) is 0 Å². The quantitative estimate of drug-likeness (QED) is 0.899. The second-order valence-corrected chi connectivity index (χ2v) is 5.11. The molecule has 1 aromatic rings. The van der Waals surface area contributed by atoms with Gasteiger partial charge in [-0.25, -0.2) is 0 Å². The molecule has 0 spiro atoms. The van der Waals surface area contributed by atoms with E-state index < -0.39 is 11.7 Å². The molecule has 1 aliphatic rings. The third-order valence-corrected chi connectivity index (χ3v) is 3.81. The number of halogens is 4. The van der Waals surface area contributed by atoms with Crippen molar-refractivity contribution in [1.82, 2.24) is 10.2 Å². The number of piperazine rings is 1. The Morgan fingerprint density at radius 2 is 1.89 bits per heavy atom. The van der Waals surface area contributed by atoms with Gasteiger partial charge in [0.05, 0.1) is 10.6 Å². The molecule has 1 atom stereocenters. The van der Waals surface area contributed by atoms with Gasteiger partial charge in [0.25, 0.3) is 0 Å². The van der Waals surface area contributed by atoms with Crippen LogP contribution >= 0.6 is 11.6 Å². The Bertz CT molecular complexity index is 442. The molecule has 0 bridgehead atoms. The largest absolute Gasteiger partial charge is 0.417 e. The van der Waals surface area contributed by atoms with Crippen molar-refractivity contribution in [1.29, 1.82) is 0 Å². The molecule has 1 fully saturated rings. The maximum Gasteiger partial charge on any atom is 0.417 e. The summed E-state index contributed by atoms with van der Waals surface area (Å²) in [4.78, 5) is 2.17. The van der Waals surface area contributed by atoms with E-state index >= 15 is 0 Å². The zero-order valence-corrected chi connectivity index (χ0v) is 11.4. The molecule has 0 aliphatic carbocycles. The van der Waals surface area contributed by atoms with E-state index in [9.17, 15) is 13.2 Å². The van der Waals surface area contributed by atoms with E-state index in [4.69, 9.17) is 11.6 Å². The molecule has 0 aromatic heterocycles. The molecule has 0 saturated carbocycles. The molecule has 1 heterocycles. The summed E-state index contributed by atoms with van der Waals surface area (Å²) in [7, 11) is 0. The number of alkyl halides is 3. The number of nitrogens with one attached hydrogen (secondary N) is 1. The van der Waals surface area contributed by atoms with Gasteiger partial charge in [-0.3, -0.25) is 4.90 Å². The lowest BCUT2D eigenvalue weighted by atomic mass is 10.0. The second kappa shape index (κ2) is 5.69. The van der Waals surface area contributed by atoms with Crippen LogP contribution in [0.2, 0.25) is 5.02 Å². The van der Waals surface area contributed by atoms with Crippen molar-refractivity contribution >= 4 is 11.6 Å². The fourth-order valence-corrected chi connectivity index (χ4v) is 2.52. The molecule has 0 unspecified atom stereocenters. The number of nitrogens with zero attached hydrogens (tertiary/aromatic N) is 1. The minimum Gasteiger partial charge on any atom is -0.314 e. The molecular formula is C13H16ClF3N2. The first-order valence-corrected chi connectivity index (χ1v) is 6.59. The van der Waals surface area contributed by atoms with Gasteiger partial charge < -0.3 is 5.32 Å². The van der Waals surface area contributed by atoms with E-state index in [-0.39, 0.29) is 11.1 Å². The smallest absolute Gasteiger partial charge is 0.314 e. The lowest BCUT2D eigenvalue weighted by molar-refractivity contribution is -0.137. The summed E-state index contributed by atoms with van der Waals surface area (Å²) in [5.41, 5.74) is -0.104. The zero-order valence-electron chi connectivity index (χ0n) is 10.6. The maximum atomic E-state index is 12.8. The second-order valence-electron chi connectivity index (χ2n) is 4.70. The normalized spacial score (nSPS) is 19.4. The Kier molecular flexibility index (Phi) is 4.38. The van der Waals surface area contributed by atoms with Crippen molar-refractivity contribution in [2.45, 2.75) is 19.1 Å². The van der Waals surface area contributed by atoms with Crippen LogP contribution in [-0.4, -0.2) is 31.1 Å². The van der Waals surface area contributed by atoms with Crippen LogP contribution in [0.15, 0.2) is 18.2 Å². The molecule has 0 amide bonds. The molecule has 106 valence electrons. The van der Waals surface area contributed by atoms with Crippen LogP contribution in [0, 0.1) is 0 Å². The fourth-order valence-electron chi connectivity index (χ4n) is 2.30. The summed E-state index contributed by atoms with van der Waals surface area (Å²) < 4.78 is 38.5. The first-order chi connectivity index (χ1) is 8.89. The topological polar surface area (TPSA) is 15.3 Å². The van der Waals surface area contributed by atoms with Crippen LogP contribution in [0.1, 0.15) is 24.1 Å². The SMILES string of the molecule is C[C@H](c1ccc(Cl)c(C(F)(F)F)c1)N1CCNCC1. The molecule has 19 heavy (non-hydrogen) atoms. The third kappa shape index (κ3) is 3.41. The van der Waals surface area contributed by atoms with E-state index in [2.05, 4.69) is 10.2 Å². The number of hydrogen-bond acceptors (Lipinski definition) is 2. The highest BCUT2D eigenvalue weighted by Crippen LogP contribution is 2.36. The van der Waals surface area contributed by atoms with Crippen LogP contribution in [0.25, 0.3) is 0 Å². The van der Waals surface area contributed by atoms with Gasteiger partial charge in [-0.2, -0.15) is 13.2 Å². The van der Waals surface area contributed by atoms with Gasteiger partial charge in [-0.05, 0) is 24.6 Å². The summed E-state index contributed by atoms with van der Waals surface area (Å²) in [6.45, 7) is 5.33. The number of hydrogen-bond donors (Lipinski definition) is 1. The van der Waals surface area contributed by atoms with Crippen LogP contribution in [-0.2, 0) is 6.18 Å². The average Bonchev–Trinajstić information content (AvgIpc) is 2.38. The summed E-state index contributed by atoms with van der Waals surface area (Å²) in [6.07, 6.45) is -4.41. The molecule has 0 radical (unpaired) electrons. The van der Waals surface area contributed by atoms with Crippen LogP contribution in [0.3, 0.4) is 0 Å².